The van der Waals surface area contributed by atoms with E-state index in [4.69, 9.17) is 4.74 Å². The zero-order valence-corrected chi connectivity index (χ0v) is 13.0. The van der Waals surface area contributed by atoms with Crippen LogP contribution in [0, 0.1) is 26.6 Å². The molecule has 0 aliphatic carbocycles. The molecule has 114 valence electrons. The molecule has 0 bridgehead atoms. The summed E-state index contributed by atoms with van der Waals surface area (Å²) in [6, 6.07) is 8.95. The Kier molecular flexibility index (Phi) is 3.84. The maximum Gasteiger partial charge on any atom is 0.141 e. The molecule has 22 heavy (non-hydrogen) atoms. The summed E-state index contributed by atoms with van der Waals surface area (Å²) in [7, 11) is 0. The molecule has 3 nitrogen and oxygen atoms in total. The molecule has 3 rings (SSSR count). The van der Waals surface area contributed by atoms with Gasteiger partial charge in [-0.3, -0.25) is 4.99 Å². The summed E-state index contributed by atoms with van der Waals surface area (Å²) in [4.78, 5) is 4.32. The van der Waals surface area contributed by atoms with Crippen LogP contribution in [-0.4, -0.2) is 18.9 Å². The second kappa shape index (κ2) is 5.79. The van der Waals surface area contributed by atoms with Crippen molar-refractivity contribution < 1.29 is 9.13 Å². The summed E-state index contributed by atoms with van der Waals surface area (Å²) in [5, 5.41) is 3.11. The summed E-state index contributed by atoms with van der Waals surface area (Å²) >= 11 is 0. The minimum Gasteiger partial charge on any atom is -0.456 e. The summed E-state index contributed by atoms with van der Waals surface area (Å²) in [6.45, 7) is 7.43. The van der Waals surface area contributed by atoms with E-state index in [0.29, 0.717) is 23.7 Å². The molecule has 0 radical (unpaired) electrons. The van der Waals surface area contributed by atoms with Crippen molar-refractivity contribution in [3.8, 4) is 11.5 Å². The van der Waals surface area contributed by atoms with E-state index >= 15 is 0 Å². The first-order valence-electron chi connectivity index (χ1n) is 7.40. The van der Waals surface area contributed by atoms with E-state index in [0.717, 1.165) is 29.0 Å². The normalized spacial score (nSPS) is 13.7. The van der Waals surface area contributed by atoms with Crippen LogP contribution >= 0.6 is 0 Å². The van der Waals surface area contributed by atoms with Crippen molar-refractivity contribution in [1.29, 1.82) is 0 Å². The molecule has 1 aliphatic heterocycles. The van der Waals surface area contributed by atoms with Gasteiger partial charge in [-0.25, -0.2) is 4.39 Å². The van der Waals surface area contributed by atoms with E-state index in [1.165, 1.54) is 6.07 Å². The maximum atomic E-state index is 14.3. The fraction of sp³-hybridized carbons (Fsp3) is 0.278. The summed E-state index contributed by atoms with van der Waals surface area (Å²) in [5.41, 5.74) is 3.64. The maximum absolute atomic E-state index is 14.3. The van der Waals surface area contributed by atoms with Gasteiger partial charge in [0.1, 0.15) is 23.2 Å². The summed E-state index contributed by atoms with van der Waals surface area (Å²) < 4.78 is 20.4. The number of nitrogens with zero attached hydrogens (tertiary/aromatic N) is 1. The molecule has 1 aliphatic rings. The van der Waals surface area contributed by atoms with Crippen LogP contribution in [-0.2, 0) is 0 Å². The number of benzene rings is 2. The van der Waals surface area contributed by atoms with Gasteiger partial charge in [0.2, 0.25) is 0 Å². The highest BCUT2D eigenvalue weighted by atomic mass is 19.1. The van der Waals surface area contributed by atoms with E-state index in [2.05, 4.69) is 16.4 Å². The summed E-state index contributed by atoms with van der Waals surface area (Å²) in [5.74, 6) is 1.51. The average Bonchev–Trinajstić information content (AvgIpc) is 3.01. The number of halogens is 1. The van der Waals surface area contributed by atoms with Crippen LogP contribution < -0.4 is 10.1 Å². The number of amidine groups is 1. The predicted molar refractivity (Wildman–Crippen MR) is 86.5 cm³/mol. The zero-order valence-electron chi connectivity index (χ0n) is 13.0. The van der Waals surface area contributed by atoms with Crippen LogP contribution in [0.4, 0.5) is 4.39 Å². The molecule has 0 amide bonds. The van der Waals surface area contributed by atoms with Gasteiger partial charge in [0.15, 0.2) is 0 Å². The Bertz CT molecular complexity index is 753. The van der Waals surface area contributed by atoms with Crippen molar-refractivity contribution in [2.75, 3.05) is 13.1 Å². The van der Waals surface area contributed by atoms with E-state index < -0.39 is 0 Å². The third-order valence-corrected chi connectivity index (χ3v) is 3.97. The molecule has 0 saturated heterocycles. The van der Waals surface area contributed by atoms with E-state index in [9.17, 15) is 4.39 Å². The highest BCUT2D eigenvalue weighted by Crippen LogP contribution is 2.33. The minimum absolute atomic E-state index is 0.325. The van der Waals surface area contributed by atoms with Gasteiger partial charge in [0.25, 0.3) is 0 Å². The molecule has 4 heteroatoms. The van der Waals surface area contributed by atoms with E-state index in [1.807, 2.05) is 26.8 Å². The SMILES string of the molecule is Cc1ccc(C)c(Oc2cccc(F)c2C2=NCCN2)c1C. The van der Waals surface area contributed by atoms with Crippen LogP contribution in [0.3, 0.4) is 0 Å². The van der Waals surface area contributed by atoms with Crippen molar-refractivity contribution in [2.24, 2.45) is 4.99 Å². The summed E-state index contributed by atoms with van der Waals surface area (Å²) in [6.07, 6.45) is 0. The molecule has 0 unspecified atom stereocenters. The molecule has 2 aromatic carbocycles. The molecule has 0 spiro atoms. The third kappa shape index (κ3) is 2.56. The van der Waals surface area contributed by atoms with Gasteiger partial charge in [-0.2, -0.15) is 0 Å². The van der Waals surface area contributed by atoms with Gasteiger partial charge >= 0.3 is 0 Å². The lowest BCUT2D eigenvalue weighted by Crippen LogP contribution is -2.21. The Morgan fingerprint density at radius 3 is 2.59 bits per heavy atom. The first kappa shape index (κ1) is 14.6. The number of aliphatic imine (C=N–C) groups is 1. The Morgan fingerprint density at radius 2 is 1.86 bits per heavy atom. The average molecular weight is 298 g/mol. The minimum atomic E-state index is -0.325. The fourth-order valence-electron chi connectivity index (χ4n) is 2.58. The van der Waals surface area contributed by atoms with Crippen molar-refractivity contribution in [1.82, 2.24) is 5.32 Å². The van der Waals surface area contributed by atoms with Crippen LogP contribution in [0.2, 0.25) is 0 Å². The second-order valence-electron chi connectivity index (χ2n) is 5.53. The van der Waals surface area contributed by atoms with Gasteiger partial charge in [-0.1, -0.05) is 18.2 Å². The van der Waals surface area contributed by atoms with Crippen molar-refractivity contribution in [2.45, 2.75) is 20.8 Å². The van der Waals surface area contributed by atoms with Crippen molar-refractivity contribution in [3.05, 3.63) is 58.4 Å². The molecule has 0 aromatic heterocycles. The highest BCUT2D eigenvalue weighted by molar-refractivity contribution is 6.02. The Morgan fingerprint density at radius 1 is 1.09 bits per heavy atom. The lowest BCUT2D eigenvalue weighted by Gasteiger charge is -2.16. The predicted octanol–water partition coefficient (Wildman–Crippen LogP) is 3.89. The monoisotopic (exact) mass is 298 g/mol. The first-order chi connectivity index (χ1) is 10.6. The highest BCUT2D eigenvalue weighted by Gasteiger charge is 2.20. The largest absolute Gasteiger partial charge is 0.456 e. The standard InChI is InChI=1S/C18H19FN2O/c1-11-7-8-12(2)17(13(11)3)22-15-6-4-5-14(19)16(15)18-20-9-10-21-18/h4-8H,9-10H2,1-3H3,(H,20,21). The lowest BCUT2D eigenvalue weighted by atomic mass is 10.1. The number of aryl methyl sites for hydroxylation is 2. The van der Waals surface area contributed by atoms with E-state index in [-0.39, 0.29) is 5.82 Å². The van der Waals surface area contributed by atoms with Gasteiger partial charge in [0, 0.05) is 6.54 Å². The van der Waals surface area contributed by atoms with Crippen LogP contribution in [0.25, 0.3) is 0 Å². The van der Waals surface area contributed by atoms with Gasteiger partial charge in [0.05, 0.1) is 12.1 Å². The molecule has 1 N–H and O–H groups in total. The van der Waals surface area contributed by atoms with Crippen LogP contribution in [0.5, 0.6) is 11.5 Å². The molecule has 2 aromatic rings. The smallest absolute Gasteiger partial charge is 0.141 e. The lowest BCUT2D eigenvalue weighted by molar-refractivity contribution is 0.467. The second-order valence-corrected chi connectivity index (χ2v) is 5.53. The number of hydrogen-bond acceptors (Lipinski definition) is 3. The molecule has 0 fully saturated rings. The topological polar surface area (TPSA) is 33.6 Å². The Labute approximate surface area is 129 Å². The van der Waals surface area contributed by atoms with Crippen molar-refractivity contribution >= 4 is 5.84 Å². The molecule has 1 heterocycles. The van der Waals surface area contributed by atoms with Crippen molar-refractivity contribution in [3.63, 3.8) is 0 Å². The van der Waals surface area contributed by atoms with Crippen LogP contribution in [0.15, 0.2) is 35.3 Å². The number of hydrogen-bond donors (Lipinski definition) is 1. The Hall–Kier alpha value is -2.36. The number of nitrogens with one attached hydrogen (secondary N) is 1. The Balaban J connectivity index is 2.07. The third-order valence-electron chi connectivity index (χ3n) is 3.97. The van der Waals surface area contributed by atoms with E-state index in [1.54, 1.807) is 12.1 Å². The van der Waals surface area contributed by atoms with Crippen LogP contribution in [0.1, 0.15) is 22.3 Å². The van der Waals surface area contributed by atoms with Gasteiger partial charge < -0.3 is 10.1 Å². The molecule has 0 atom stereocenters. The number of rotatable bonds is 3. The molecular weight excluding hydrogens is 279 g/mol. The number of ether oxygens (including phenoxy) is 1. The molecule has 0 saturated carbocycles. The quantitative estimate of drug-likeness (QED) is 0.932. The fourth-order valence-corrected chi connectivity index (χ4v) is 2.58. The van der Waals surface area contributed by atoms with Gasteiger partial charge in [-0.05, 0) is 49.6 Å². The zero-order chi connectivity index (χ0) is 15.7. The molecular formula is C18H19FN2O. The first-order valence-corrected chi connectivity index (χ1v) is 7.40. The van der Waals surface area contributed by atoms with Gasteiger partial charge in [-0.15, -0.1) is 0 Å².